The molecule has 1 amide bonds. The molecular formula is C19H20F2N2O2. The molecule has 4 nitrogen and oxygen atoms in total. The average molecular weight is 346 g/mol. The van der Waals surface area contributed by atoms with E-state index in [1.165, 1.54) is 24.0 Å². The lowest BCUT2D eigenvalue weighted by molar-refractivity contribution is 0.0783. The molecule has 1 aliphatic heterocycles. The molecule has 0 spiro atoms. The summed E-state index contributed by atoms with van der Waals surface area (Å²) in [4.78, 5) is 14.1. The van der Waals surface area contributed by atoms with E-state index in [1.807, 2.05) is 24.3 Å². The maximum atomic E-state index is 14.1. The van der Waals surface area contributed by atoms with Crippen LogP contribution in [0.5, 0.6) is 5.75 Å². The van der Waals surface area contributed by atoms with E-state index in [9.17, 15) is 13.6 Å². The fourth-order valence-corrected chi connectivity index (χ4v) is 3.20. The van der Waals surface area contributed by atoms with Gasteiger partial charge in [0.05, 0.1) is 12.7 Å². The van der Waals surface area contributed by atoms with Crippen molar-refractivity contribution >= 4 is 5.91 Å². The van der Waals surface area contributed by atoms with E-state index in [2.05, 4.69) is 0 Å². The fourth-order valence-electron chi connectivity index (χ4n) is 3.20. The second-order valence-electron chi connectivity index (χ2n) is 6.32. The van der Waals surface area contributed by atoms with Crippen LogP contribution in [0.2, 0.25) is 0 Å². The molecule has 6 heteroatoms. The maximum absolute atomic E-state index is 14.1. The quantitative estimate of drug-likeness (QED) is 0.930. The van der Waals surface area contributed by atoms with Gasteiger partial charge in [0.25, 0.3) is 5.91 Å². The topological polar surface area (TPSA) is 55.6 Å². The highest BCUT2D eigenvalue weighted by Crippen LogP contribution is 2.30. The van der Waals surface area contributed by atoms with Crippen LogP contribution in [0.3, 0.4) is 0 Å². The molecule has 1 aliphatic rings. The SMILES string of the molecule is COc1cccc(C2CN(C(=O)c3ccc(C)c(F)c3F)CC2N)c1. The molecule has 2 aromatic carbocycles. The molecule has 0 aliphatic carbocycles. The van der Waals surface area contributed by atoms with E-state index < -0.39 is 17.5 Å². The molecule has 25 heavy (non-hydrogen) atoms. The first-order valence-corrected chi connectivity index (χ1v) is 8.05. The van der Waals surface area contributed by atoms with Crippen molar-refractivity contribution in [2.75, 3.05) is 20.2 Å². The van der Waals surface area contributed by atoms with Gasteiger partial charge in [-0.3, -0.25) is 4.79 Å². The zero-order valence-electron chi connectivity index (χ0n) is 14.1. The Kier molecular flexibility index (Phi) is 4.72. The highest BCUT2D eigenvalue weighted by Gasteiger charge is 2.35. The summed E-state index contributed by atoms with van der Waals surface area (Å²) in [6, 6.07) is 9.94. The number of carbonyl (C=O) groups is 1. The van der Waals surface area contributed by atoms with Gasteiger partial charge in [0, 0.05) is 25.0 Å². The minimum absolute atomic E-state index is 0.0857. The number of nitrogens with two attached hydrogens (primary N) is 1. The van der Waals surface area contributed by atoms with E-state index in [1.54, 1.807) is 7.11 Å². The summed E-state index contributed by atoms with van der Waals surface area (Å²) < 4.78 is 33.1. The average Bonchev–Trinajstić information content (AvgIpc) is 3.01. The molecule has 132 valence electrons. The lowest BCUT2D eigenvalue weighted by Gasteiger charge is -2.17. The monoisotopic (exact) mass is 346 g/mol. The van der Waals surface area contributed by atoms with Crippen molar-refractivity contribution in [3.63, 3.8) is 0 Å². The number of aryl methyl sites for hydroxylation is 1. The van der Waals surface area contributed by atoms with Crippen LogP contribution in [0.15, 0.2) is 36.4 Å². The van der Waals surface area contributed by atoms with Crippen LogP contribution in [0.25, 0.3) is 0 Å². The Labute approximate surface area is 145 Å². The Bertz CT molecular complexity index is 810. The van der Waals surface area contributed by atoms with Crippen molar-refractivity contribution in [1.29, 1.82) is 0 Å². The number of likely N-dealkylation sites (tertiary alicyclic amines) is 1. The van der Waals surface area contributed by atoms with Crippen LogP contribution in [-0.4, -0.2) is 37.0 Å². The van der Waals surface area contributed by atoms with Crippen LogP contribution in [0, 0.1) is 18.6 Å². The maximum Gasteiger partial charge on any atom is 0.257 e. The highest BCUT2D eigenvalue weighted by atomic mass is 19.2. The molecule has 0 saturated carbocycles. The predicted octanol–water partition coefficient (Wildman–Crippen LogP) is 2.85. The molecule has 1 fully saturated rings. The van der Waals surface area contributed by atoms with Crippen molar-refractivity contribution in [2.45, 2.75) is 18.9 Å². The second kappa shape index (κ2) is 6.80. The first-order valence-electron chi connectivity index (χ1n) is 8.05. The summed E-state index contributed by atoms with van der Waals surface area (Å²) in [5.74, 6) is -2.02. The number of nitrogens with zero attached hydrogens (tertiary/aromatic N) is 1. The minimum Gasteiger partial charge on any atom is -0.497 e. The van der Waals surface area contributed by atoms with E-state index in [0.717, 1.165) is 5.56 Å². The van der Waals surface area contributed by atoms with Gasteiger partial charge < -0.3 is 15.4 Å². The summed E-state index contributed by atoms with van der Waals surface area (Å²) >= 11 is 0. The third-order valence-corrected chi connectivity index (χ3v) is 4.68. The van der Waals surface area contributed by atoms with Crippen LogP contribution in [-0.2, 0) is 0 Å². The van der Waals surface area contributed by atoms with Crippen molar-refractivity contribution in [3.8, 4) is 5.75 Å². The van der Waals surface area contributed by atoms with E-state index in [0.29, 0.717) is 12.3 Å². The third kappa shape index (κ3) is 3.22. The largest absolute Gasteiger partial charge is 0.497 e. The highest BCUT2D eigenvalue weighted by molar-refractivity contribution is 5.95. The Balaban J connectivity index is 1.83. The smallest absolute Gasteiger partial charge is 0.257 e. The number of halogens is 2. The Morgan fingerprint density at radius 1 is 1.20 bits per heavy atom. The molecule has 2 aromatic rings. The molecule has 3 rings (SSSR count). The van der Waals surface area contributed by atoms with Gasteiger partial charge in [-0.2, -0.15) is 0 Å². The Morgan fingerprint density at radius 2 is 1.96 bits per heavy atom. The zero-order chi connectivity index (χ0) is 18.1. The first kappa shape index (κ1) is 17.4. The van der Waals surface area contributed by atoms with Gasteiger partial charge in [-0.25, -0.2) is 8.78 Å². The predicted molar refractivity (Wildman–Crippen MR) is 90.7 cm³/mol. The number of benzene rings is 2. The summed E-state index contributed by atoms with van der Waals surface area (Å²) in [5, 5.41) is 0. The number of amides is 1. The van der Waals surface area contributed by atoms with Gasteiger partial charge in [-0.15, -0.1) is 0 Å². The summed E-state index contributed by atoms with van der Waals surface area (Å²) in [6.07, 6.45) is 0. The standard InChI is InChI=1S/C19H20F2N2O2/c1-11-6-7-14(18(21)17(11)20)19(24)23-9-15(16(22)10-23)12-4-3-5-13(8-12)25-2/h3-8,15-16H,9-10,22H2,1-2H3. The van der Waals surface area contributed by atoms with Crippen molar-refractivity contribution in [1.82, 2.24) is 4.90 Å². The second-order valence-corrected chi connectivity index (χ2v) is 6.32. The molecule has 2 unspecified atom stereocenters. The van der Waals surface area contributed by atoms with Crippen LogP contribution in [0.4, 0.5) is 8.78 Å². The van der Waals surface area contributed by atoms with Crippen molar-refractivity contribution in [2.24, 2.45) is 5.73 Å². The number of hydrogen-bond donors (Lipinski definition) is 1. The van der Waals surface area contributed by atoms with E-state index in [4.69, 9.17) is 10.5 Å². The van der Waals surface area contributed by atoms with Gasteiger partial charge in [-0.1, -0.05) is 18.2 Å². The van der Waals surface area contributed by atoms with Crippen LogP contribution >= 0.6 is 0 Å². The van der Waals surface area contributed by atoms with E-state index in [-0.39, 0.29) is 29.6 Å². The molecule has 0 bridgehead atoms. The molecule has 2 N–H and O–H groups in total. The number of carbonyl (C=O) groups excluding carboxylic acids is 1. The number of methoxy groups -OCH3 is 1. The van der Waals surface area contributed by atoms with Gasteiger partial charge in [-0.05, 0) is 36.2 Å². The molecule has 2 atom stereocenters. The lowest BCUT2D eigenvalue weighted by Crippen LogP contribution is -2.32. The van der Waals surface area contributed by atoms with Crippen LogP contribution in [0.1, 0.15) is 27.4 Å². The Morgan fingerprint density at radius 3 is 2.68 bits per heavy atom. The number of ether oxygens (including phenoxy) is 1. The van der Waals surface area contributed by atoms with Crippen LogP contribution < -0.4 is 10.5 Å². The summed E-state index contributed by atoms with van der Waals surface area (Å²) in [5.41, 5.74) is 7.06. The summed E-state index contributed by atoms with van der Waals surface area (Å²) in [6.45, 7) is 2.09. The first-order chi connectivity index (χ1) is 11.9. The molecule has 0 radical (unpaired) electrons. The van der Waals surface area contributed by atoms with Gasteiger partial charge in [0.1, 0.15) is 5.75 Å². The molecular weight excluding hydrogens is 326 g/mol. The number of rotatable bonds is 3. The molecule has 1 saturated heterocycles. The molecule has 1 heterocycles. The lowest BCUT2D eigenvalue weighted by atomic mass is 9.95. The minimum atomic E-state index is -1.11. The zero-order valence-corrected chi connectivity index (χ0v) is 14.1. The third-order valence-electron chi connectivity index (χ3n) is 4.68. The van der Waals surface area contributed by atoms with Gasteiger partial charge in [0.2, 0.25) is 0 Å². The van der Waals surface area contributed by atoms with E-state index >= 15 is 0 Å². The van der Waals surface area contributed by atoms with Gasteiger partial charge in [0.15, 0.2) is 11.6 Å². The van der Waals surface area contributed by atoms with Crippen molar-refractivity contribution < 1.29 is 18.3 Å². The Hall–Kier alpha value is -2.47. The van der Waals surface area contributed by atoms with Gasteiger partial charge >= 0.3 is 0 Å². The van der Waals surface area contributed by atoms with Crippen molar-refractivity contribution in [3.05, 3.63) is 64.7 Å². The number of hydrogen-bond acceptors (Lipinski definition) is 3. The molecule has 0 aromatic heterocycles. The fraction of sp³-hybridized carbons (Fsp3) is 0.316. The normalized spacial score (nSPS) is 20.0. The summed E-state index contributed by atoms with van der Waals surface area (Å²) in [7, 11) is 1.58.